The molecule has 3 aromatic carbocycles. The maximum atomic E-state index is 12.4. The number of aromatic nitrogens is 2. The van der Waals surface area contributed by atoms with Crippen LogP contribution in [0.25, 0.3) is 11.0 Å². The zero-order valence-electron chi connectivity index (χ0n) is 16.2. The zero-order chi connectivity index (χ0) is 20.2. The number of carbonyl (C=O) groups excluding carboxylic acids is 1. The molecule has 5 nitrogen and oxygen atoms in total. The Hall–Kier alpha value is -3.25. The molecule has 0 aliphatic heterocycles. The van der Waals surface area contributed by atoms with Crippen molar-refractivity contribution >= 4 is 34.4 Å². The molecule has 0 unspecified atom stereocenters. The Morgan fingerprint density at radius 2 is 1.93 bits per heavy atom. The van der Waals surface area contributed by atoms with Crippen LogP contribution in [0, 0.1) is 6.92 Å². The highest BCUT2D eigenvalue weighted by Crippen LogP contribution is 2.25. The first-order valence-corrected chi connectivity index (χ1v) is 10.2. The van der Waals surface area contributed by atoms with Gasteiger partial charge in [0.15, 0.2) is 5.16 Å². The Bertz CT molecular complexity index is 1150. The van der Waals surface area contributed by atoms with Crippen molar-refractivity contribution in [1.29, 1.82) is 0 Å². The second-order valence-electron chi connectivity index (χ2n) is 6.73. The fourth-order valence-electron chi connectivity index (χ4n) is 2.99. The van der Waals surface area contributed by atoms with Crippen LogP contribution in [0.15, 0.2) is 71.9 Å². The SMILES string of the molecule is COc1ccc2nc(SCc3ccc(C(=O)Nc4cccc(C)c4)cc3)[nH]c2c1. The molecule has 0 saturated carbocycles. The molecular formula is C23H21N3O2S. The number of rotatable bonds is 6. The van der Waals surface area contributed by atoms with Gasteiger partial charge in [0.2, 0.25) is 0 Å². The quantitative estimate of drug-likeness (QED) is 0.422. The number of hydrogen-bond acceptors (Lipinski definition) is 4. The van der Waals surface area contributed by atoms with E-state index in [0.717, 1.165) is 44.5 Å². The molecule has 4 aromatic rings. The maximum Gasteiger partial charge on any atom is 0.255 e. The van der Waals surface area contributed by atoms with Crippen LogP contribution in [0.2, 0.25) is 0 Å². The molecule has 0 bridgehead atoms. The molecule has 6 heteroatoms. The molecule has 4 rings (SSSR count). The van der Waals surface area contributed by atoms with Gasteiger partial charge in [0.1, 0.15) is 5.75 Å². The summed E-state index contributed by atoms with van der Waals surface area (Å²) in [6.45, 7) is 2.00. The van der Waals surface area contributed by atoms with E-state index in [1.165, 1.54) is 0 Å². The number of benzene rings is 3. The molecule has 1 aromatic heterocycles. The second-order valence-corrected chi connectivity index (χ2v) is 7.70. The van der Waals surface area contributed by atoms with E-state index in [9.17, 15) is 4.79 Å². The number of fused-ring (bicyclic) bond motifs is 1. The number of hydrogen-bond donors (Lipinski definition) is 2. The first-order valence-electron chi connectivity index (χ1n) is 9.24. The summed E-state index contributed by atoms with van der Waals surface area (Å²) in [7, 11) is 1.65. The van der Waals surface area contributed by atoms with E-state index in [2.05, 4.69) is 15.3 Å². The monoisotopic (exact) mass is 403 g/mol. The summed E-state index contributed by atoms with van der Waals surface area (Å²) >= 11 is 1.62. The van der Waals surface area contributed by atoms with E-state index < -0.39 is 0 Å². The third-order valence-electron chi connectivity index (χ3n) is 4.53. The van der Waals surface area contributed by atoms with Crippen molar-refractivity contribution < 1.29 is 9.53 Å². The van der Waals surface area contributed by atoms with Crippen molar-refractivity contribution in [3.8, 4) is 5.75 Å². The average molecular weight is 404 g/mol. The van der Waals surface area contributed by atoms with Gasteiger partial charge < -0.3 is 15.0 Å². The van der Waals surface area contributed by atoms with E-state index in [-0.39, 0.29) is 5.91 Å². The number of amides is 1. The molecule has 1 heterocycles. The van der Waals surface area contributed by atoms with Gasteiger partial charge in [-0.15, -0.1) is 0 Å². The smallest absolute Gasteiger partial charge is 0.255 e. The van der Waals surface area contributed by atoms with Crippen molar-refractivity contribution in [2.75, 3.05) is 12.4 Å². The number of anilines is 1. The van der Waals surface area contributed by atoms with Gasteiger partial charge in [-0.1, -0.05) is 36.0 Å². The average Bonchev–Trinajstić information content (AvgIpc) is 3.14. The molecule has 0 spiro atoms. The predicted molar refractivity (Wildman–Crippen MR) is 118 cm³/mol. The number of thioether (sulfide) groups is 1. The third-order valence-corrected chi connectivity index (χ3v) is 5.48. The first kappa shape index (κ1) is 19.1. The first-order chi connectivity index (χ1) is 14.1. The van der Waals surface area contributed by atoms with Gasteiger partial charge in [-0.25, -0.2) is 4.98 Å². The van der Waals surface area contributed by atoms with Crippen LogP contribution >= 0.6 is 11.8 Å². The molecular weight excluding hydrogens is 382 g/mol. The van der Waals surface area contributed by atoms with Crippen LogP contribution in [-0.2, 0) is 5.75 Å². The molecule has 0 aliphatic rings. The standard InChI is InChI=1S/C23H21N3O2S/c1-15-4-3-5-18(12-15)24-22(27)17-8-6-16(7-9-17)14-29-23-25-20-11-10-19(28-2)13-21(20)26-23/h3-13H,14H2,1-2H3,(H,24,27)(H,25,26). The van der Waals surface area contributed by atoms with Crippen molar-refractivity contribution in [3.63, 3.8) is 0 Å². The maximum absolute atomic E-state index is 12.4. The minimum Gasteiger partial charge on any atom is -0.497 e. The fourth-order valence-corrected chi connectivity index (χ4v) is 3.83. The van der Waals surface area contributed by atoms with E-state index in [4.69, 9.17) is 4.74 Å². The number of nitrogens with one attached hydrogen (secondary N) is 2. The van der Waals surface area contributed by atoms with E-state index in [1.54, 1.807) is 18.9 Å². The summed E-state index contributed by atoms with van der Waals surface area (Å²) in [6.07, 6.45) is 0. The zero-order valence-corrected chi connectivity index (χ0v) is 17.0. The van der Waals surface area contributed by atoms with Gasteiger partial charge in [-0.3, -0.25) is 4.79 Å². The lowest BCUT2D eigenvalue weighted by Gasteiger charge is -2.07. The number of ether oxygens (including phenoxy) is 1. The van der Waals surface area contributed by atoms with Crippen LogP contribution in [-0.4, -0.2) is 23.0 Å². The van der Waals surface area contributed by atoms with Crippen molar-refractivity contribution in [3.05, 3.63) is 83.4 Å². The number of nitrogens with zero attached hydrogens (tertiary/aromatic N) is 1. The summed E-state index contributed by atoms with van der Waals surface area (Å²) < 4.78 is 5.25. The van der Waals surface area contributed by atoms with Crippen LogP contribution in [0.5, 0.6) is 5.75 Å². The summed E-state index contributed by atoms with van der Waals surface area (Å²) in [5.41, 5.74) is 5.54. The van der Waals surface area contributed by atoms with Crippen LogP contribution < -0.4 is 10.1 Å². The summed E-state index contributed by atoms with van der Waals surface area (Å²) in [5.74, 6) is 1.45. The third kappa shape index (κ3) is 4.60. The highest BCUT2D eigenvalue weighted by Gasteiger charge is 2.08. The number of H-pyrrole nitrogens is 1. The van der Waals surface area contributed by atoms with Crippen molar-refractivity contribution in [2.45, 2.75) is 17.8 Å². The Morgan fingerprint density at radius 3 is 2.69 bits per heavy atom. The van der Waals surface area contributed by atoms with Gasteiger partial charge in [-0.2, -0.15) is 0 Å². The molecule has 1 amide bonds. The lowest BCUT2D eigenvalue weighted by atomic mass is 10.1. The summed E-state index contributed by atoms with van der Waals surface area (Å²) in [5, 5.41) is 3.79. The number of imidazole rings is 1. The lowest BCUT2D eigenvalue weighted by molar-refractivity contribution is 0.102. The summed E-state index contributed by atoms with van der Waals surface area (Å²) in [4.78, 5) is 20.3. The van der Waals surface area contributed by atoms with Gasteiger partial charge in [0.05, 0.1) is 18.1 Å². The molecule has 0 radical (unpaired) electrons. The van der Waals surface area contributed by atoms with Crippen molar-refractivity contribution in [1.82, 2.24) is 9.97 Å². The normalized spacial score (nSPS) is 10.8. The minimum atomic E-state index is -0.110. The summed E-state index contributed by atoms with van der Waals surface area (Å²) in [6, 6.07) is 21.2. The van der Waals surface area contributed by atoms with Gasteiger partial charge in [0, 0.05) is 23.1 Å². The Kier molecular flexibility index (Phi) is 5.53. The fraction of sp³-hybridized carbons (Fsp3) is 0.130. The van der Waals surface area contributed by atoms with E-state index in [0.29, 0.717) is 5.56 Å². The molecule has 0 fully saturated rings. The van der Waals surface area contributed by atoms with Crippen LogP contribution in [0.1, 0.15) is 21.5 Å². The van der Waals surface area contributed by atoms with Gasteiger partial charge >= 0.3 is 0 Å². The highest BCUT2D eigenvalue weighted by atomic mass is 32.2. The largest absolute Gasteiger partial charge is 0.497 e. The van der Waals surface area contributed by atoms with E-state index >= 15 is 0 Å². The molecule has 0 aliphatic carbocycles. The molecule has 146 valence electrons. The van der Waals surface area contributed by atoms with Crippen molar-refractivity contribution in [2.24, 2.45) is 0 Å². The topological polar surface area (TPSA) is 67.0 Å². The molecule has 0 atom stereocenters. The van der Waals surface area contributed by atoms with Crippen LogP contribution in [0.4, 0.5) is 5.69 Å². The molecule has 29 heavy (non-hydrogen) atoms. The lowest BCUT2D eigenvalue weighted by Crippen LogP contribution is -2.11. The molecule has 0 saturated heterocycles. The molecule has 2 N–H and O–H groups in total. The Morgan fingerprint density at radius 1 is 1.10 bits per heavy atom. The predicted octanol–water partition coefficient (Wildman–Crippen LogP) is 5.42. The number of methoxy groups -OCH3 is 1. The number of carbonyl (C=O) groups is 1. The Labute approximate surface area is 173 Å². The number of aromatic amines is 1. The van der Waals surface area contributed by atoms with Gasteiger partial charge in [0.25, 0.3) is 5.91 Å². The number of aryl methyl sites for hydroxylation is 1. The second kappa shape index (κ2) is 8.41. The highest BCUT2D eigenvalue weighted by molar-refractivity contribution is 7.98. The Balaban J connectivity index is 1.38. The van der Waals surface area contributed by atoms with E-state index in [1.807, 2.05) is 73.7 Å². The van der Waals surface area contributed by atoms with Crippen LogP contribution in [0.3, 0.4) is 0 Å². The van der Waals surface area contributed by atoms with Gasteiger partial charge in [-0.05, 0) is 54.4 Å². The minimum absolute atomic E-state index is 0.110.